The second-order valence-electron chi connectivity index (χ2n) is 5.66. The van der Waals surface area contributed by atoms with Gasteiger partial charge in [0, 0.05) is 56.1 Å². The lowest BCUT2D eigenvalue weighted by molar-refractivity contribution is 0.153. The molecule has 0 bridgehead atoms. The van der Waals surface area contributed by atoms with Gasteiger partial charge in [0.2, 0.25) is 0 Å². The highest BCUT2D eigenvalue weighted by molar-refractivity contribution is 6.30. The van der Waals surface area contributed by atoms with Crippen LogP contribution in [0, 0.1) is 6.92 Å². The summed E-state index contributed by atoms with van der Waals surface area (Å²) in [4.78, 5) is 2.51. The van der Waals surface area contributed by atoms with E-state index in [0.29, 0.717) is 6.04 Å². The number of nitrogens with one attached hydrogen (secondary N) is 1. The van der Waals surface area contributed by atoms with Gasteiger partial charge in [-0.3, -0.25) is 9.58 Å². The second-order valence-corrected chi connectivity index (χ2v) is 6.10. The van der Waals surface area contributed by atoms with Crippen molar-refractivity contribution in [3.8, 4) is 0 Å². The Morgan fingerprint density at radius 3 is 3.00 bits per heavy atom. The van der Waals surface area contributed by atoms with Crippen LogP contribution in [0.5, 0.6) is 0 Å². The number of aromatic nitrogens is 2. The van der Waals surface area contributed by atoms with E-state index < -0.39 is 0 Å². The van der Waals surface area contributed by atoms with Crippen molar-refractivity contribution in [2.75, 3.05) is 19.6 Å². The van der Waals surface area contributed by atoms with Crippen molar-refractivity contribution in [2.45, 2.75) is 19.5 Å². The zero-order valence-electron chi connectivity index (χ0n) is 12.5. The van der Waals surface area contributed by atoms with E-state index in [4.69, 9.17) is 11.6 Å². The van der Waals surface area contributed by atoms with E-state index in [2.05, 4.69) is 40.6 Å². The van der Waals surface area contributed by atoms with Crippen LogP contribution in [0.2, 0.25) is 5.02 Å². The molecule has 0 radical (unpaired) electrons. The van der Waals surface area contributed by atoms with Gasteiger partial charge in [0.1, 0.15) is 0 Å². The van der Waals surface area contributed by atoms with Gasteiger partial charge in [0.25, 0.3) is 0 Å². The summed E-state index contributed by atoms with van der Waals surface area (Å²) in [5.74, 6) is 0. The molecule has 0 spiro atoms. The molecule has 3 rings (SSSR count). The highest BCUT2D eigenvalue weighted by Gasteiger charge is 2.24. The molecule has 0 amide bonds. The molecule has 1 aliphatic heterocycles. The molecule has 1 atom stereocenters. The van der Waals surface area contributed by atoms with Gasteiger partial charge in [-0.05, 0) is 24.6 Å². The molecule has 2 heterocycles. The summed E-state index contributed by atoms with van der Waals surface area (Å²) in [7, 11) is 1.97. The quantitative estimate of drug-likeness (QED) is 0.946. The molecule has 1 N–H and O–H groups in total. The zero-order valence-corrected chi connectivity index (χ0v) is 13.3. The Labute approximate surface area is 130 Å². The third kappa shape index (κ3) is 3.28. The standard InChI is InChI=1S/C16H21ClN4/c1-12-14(10-20(2)19-12)11-21-7-6-18-9-16(21)13-4-3-5-15(17)8-13/h3-5,8,10,16,18H,6-7,9,11H2,1-2H3. The summed E-state index contributed by atoms with van der Waals surface area (Å²) in [6.45, 7) is 6.02. The monoisotopic (exact) mass is 304 g/mol. The van der Waals surface area contributed by atoms with Crippen LogP contribution in [0.1, 0.15) is 22.9 Å². The van der Waals surface area contributed by atoms with Crippen molar-refractivity contribution in [1.82, 2.24) is 20.0 Å². The maximum Gasteiger partial charge on any atom is 0.0638 e. The molecule has 1 unspecified atom stereocenters. The molecule has 2 aromatic rings. The van der Waals surface area contributed by atoms with Gasteiger partial charge >= 0.3 is 0 Å². The van der Waals surface area contributed by atoms with Crippen LogP contribution in [0.4, 0.5) is 0 Å². The molecule has 21 heavy (non-hydrogen) atoms. The van der Waals surface area contributed by atoms with Crippen LogP contribution in [-0.4, -0.2) is 34.3 Å². The zero-order chi connectivity index (χ0) is 14.8. The largest absolute Gasteiger partial charge is 0.314 e. The smallest absolute Gasteiger partial charge is 0.0638 e. The molecule has 1 saturated heterocycles. The normalized spacial score (nSPS) is 19.9. The van der Waals surface area contributed by atoms with Crippen LogP contribution in [0.25, 0.3) is 0 Å². The first kappa shape index (κ1) is 14.6. The Balaban J connectivity index is 1.83. The molecule has 1 aromatic carbocycles. The first-order valence-electron chi connectivity index (χ1n) is 7.33. The molecule has 0 saturated carbocycles. The lowest BCUT2D eigenvalue weighted by atomic mass is 10.0. The molecule has 4 nitrogen and oxygen atoms in total. The number of rotatable bonds is 3. The molecule has 1 fully saturated rings. The minimum atomic E-state index is 0.358. The minimum absolute atomic E-state index is 0.358. The van der Waals surface area contributed by atoms with Crippen molar-refractivity contribution >= 4 is 11.6 Å². The predicted molar refractivity (Wildman–Crippen MR) is 85.4 cm³/mol. The summed E-state index contributed by atoms with van der Waals surface area (Å²) >= 11 is 6.15. The molecular formula is C16H21ClN4. The van der Waals surface area contributed by atoms with Crippen LogP contribution in [0.15, 0.2) is 30.5 Å². The Hall–Kier alpha value is -1.36. The maximum atomic E-state index is 6.15. The Morgan fingerprint density at radius 2 is 2.29 bits per heavy atom. The average molecular weight is 305 g/mol. The van der Waals surface area contributed by atoms with Gasteiger partial charge in [-0.15, -0.1) is 0 Å². The number of nitrogens with zero attached hydrogens (tertiary/aromatic N) is 3. The SMILES string of the molecule is Cc1nn(C)cc1CN1CCNCC1c1cccc(Cl)c1. The minimum Gasteiger partial charge on any atom is -0.314 e. The molecule has 1 aromatic heterocycles. The first-order valence-corrected chi connectivity index (χ1v) is 7.70. The topological polar surface area (TPSA) is 33.1 Å². The number of halogens is 1. The van der Waals surface area contributed by atoms with Gasteiger partial charge in [0.05, 0.1) is 5.69 Å². The van der Waals surface area contributed by atoms with Crippen LogP contribution >= 0.6 is 11.6 Å². The van der Waals surface area contributed by atoms with Gasteiger partial charge in [-0.25, -0.2) is 0 Å². The average Bonchev–Trinajstić information content (AvgIpc) is 2.77. The van der Waals surface area contributed by atoms with Gasteiger partial charge in [0.15, 0.2) is 0 Å². The lowest BCUT2D eigenvalue weighted by Gasteiger charge is -2.36. The Bertz CT molecular complexity index is 622. The van der Waals surface area contributed by atoms with Crippen molar-refractivity contribution in [3.05, 3.63) is 52.3 Å². The number of benzene rings is 1. The highest BCUT2D eigenvalue weighted by Crippen LogP contribution is 2.26. The summed E-state index contributed by atoms with van der Waals surface area (Å²) in [5.41, 5.74) is 3.68. The van der Waals surface area contributed by atoms with E-state index in [1.54, 1.807) is 0 Å². The Kier molecular flexibility index (Phi) is 4.29. The molecule has 5 heteroatoms. The molecule has 112 valence electrons. The van der Waals surface area contributed by atoms with Crippen molar-refractivity contribution in [3.63, 3.8) is 0 Å². The van der Waals surface area contributed by atoms with Gasteiger partial charge < -0.3 is 5.32 Å². The van der Waals surface area contributed by atoms with E-state index in [-0.39, 0.29) is 0 Å². The summed E-state index contributed by atoms with van der Waals surface area (Å²) in [5, 5.41) is 8.73. The molecule has 0 aliphatic carbocycles. The van der Waals surface area contributed by atoms with Gasteiger partial charge in [-0.2, -0.15) is 5.10 Å². The highest BCUT2D eigenvalue weighted by atomic mass is 35.5. The number of aryl methyl sites for hydroxylation is 2. The van der Waals surface area contributed by atoms with Crippen molar-refractivity contribution in [1.29, 1.82) is 0 Å². The summed E-state index contributed by atoms with van der Waals surface area (Å²) in [6.07, 6.45) is 2.12. The maximum absolute atomic E-state index is 6.15. The third-order valence-corrected chi connectivity index (χ3v) is 4.31. The van der Waals surface area contributed by atoms with Crippen molar-refractivity contribution in [2.24, 2.45) is 7.05 Å². The van der Waals surface area contributed by atoms with E-state index in [9.17, 15) is 0 Å². The van der Waals surface area contributed by atoms with Crippen LogP contribution < -0.4 is 5.32 Å². The third-order valence-electron chi connectivity index (χ3n) is 4.08. The number of piperazine rings is 1. The summed E-state index contributed by atoms with van der Waals surface area (Å²) in [6, 6.07) is 8.54. The lowest BCUT2D eigenvalue weighted by Crippen LogP contribution is -2.45. The van der Waals surface area contributed by atoms with E-state index in [1.807, 2.05) is 23.9 Å². The fraction of sp³-hybridized carbons (Fsp3) is 0.438. The predicted octanol–water partition coefficient (Wildman–Crippen LogP) is 2.53. The van der Waals surface area contributed by atoms with E-state index >= 15 is 0 Å². The number of hydrogen-bond acceptors (Lipinski definition) is 3. The summed E-state index contributed by atoms with van der Waals surface area (Å²) < 4.78 is 1.89. The van der Waals surface area contributed by atoms with Crippen LogP contribution in [0.3, 0.4) is 0 Å². The number of hydrogen-bond donors (Lipinski definition) is 1. The van der Waals surface area contributed by atoms with E-state index in [0.717, 1.165) is 36.9 Å². The van der Waals surface area contributed by atoms with Crippen LogP contribution in [-0.2, 0) is 13.6 Å². The molecular weight excluding hydrogens is 284 g/mol. The fourth-order valence-corrected chi connectivity index (χ4v) is 3.20. The second kappa shape index (κ2) is 6.18. The van der Waals surface area contributed by atoms with E-state index in [1.165, 1.54) is 11.1 Å². The van der Waals surface area contributed by atoms with Crippen molar-refractivity contribution < 1.29 is 0 Å². The molecule has 1 aliphatic rings. The Morgan fingerprint density at radius 1 is 1.43 bits per heavy atom. The first-order chi connectivity index (χ1) is 10.1. The fourth-order valence-electron chi connectivity index (χ4n) is 3.00. The van der Waals surface area contributed by atoms with Gasteiger partial charge in [-0.1, -0.05) is 23.7 Å².